The zero-order valence-corrected chi connectivity index (χ0v) is 19.5. The van der Waals surface area contributed by atoms with E-state index < -0.39 is 17.2 Å². The van der Waals surface area contributed by atoms with E-state index in [1.165, 1.54) is 16.5 Å². The molecule has 0 bridgehead atoms. The van der Waals surface area contributed by atoms with Crippen molar-refractivity contribution < 1.29 is 4.79 Å². The molecule has 0 aliphatic carbocycles. The third-order valence-corrected chi connectivity index (χ3v) is 5.49. The molecule has 0 saturated carbocycles. The van der Waals surface area contributed by atoms with Crippen molar-refractivity contribution in [3.8, 4) is 0 Å². The number of carbonyl (C=O) groups is 1. The largest absolute Gasteiger partial charge is 0.383 e. The number of unbranched alkanes of at least 4 members (excludes halogenated alkanes) is 1. The second kappa shape index (κ2) is 8.97. The quantitative estimate of drug-likeness (QED) is 0.579. The minimum atomic E-state index is -0.705. The molecule has 32 heavy (non-hydrogen) atoms. The first-order valence-electron chi connectivity index (χ1n) is 10.9. The summed E-state index contributed by atoms with van der Waals surface area (Å²) in [5.41, 5.74) is 6.57. The molecule has 0 spiro atoms. The van der Waals surface area contributed by atoms with Gasteiger partial charge in [-0.05, 0) is 32.3 Å². The van der Waals surface area contributed by atoms with E-state index in [1.807, 2.05) is 34.6 Å². The van der Waals surface area contributed by atoms with Crippen molar-refractivity contribution in [3.63, 3.8) is 0 Å². The molecule has 3 rings (SSSR count). The molecule has 3 aromatic heterocycles. The monoisotopic (exact) mass is 441 g/mol. The third-order valence-electron chi connectivity index (χ3n) is 5.49. The minimum absolute atomic E-state index is 0.0321. The number of hydrogen-bond acceptors (Lipinski definition) is 6. The summed E-state index contributed by atoms with van der Waals surface area (Å²) < 4.78 is 3.06. The Labute approximate surface area is 186 Å². The smallest absolute Gasteiger partial charge is 0.330 e. The van der Waals surface area contributed by atoms with Crippen LogP contribution in [0.3, 0.4) is 0 Å². The summed E-state index contributed by atoms with van der Waals surface area (Å²) >= 11 is 0. The van der Waals surface area contributed by atoms with Gasteiger partial charge in [-0.1, -0.05) is 27.2 Å². The molecule has 3 heterocycles. The minimum Gasteiger partial charge on any atom is -0.383 e. The highest BCUT2D eigenvalue weighted by Gasteiger charge is 2.26. The highest BCUT2D eigenvalue weighted by molar-refractivity contribution is 6.13. The number of rotatable bonds is 7. The maximum absolute atomic E-state index is 13.6. The first-order valence-corrected chi connectivity index (χ1v) is 10.9. The molecule has 0 radical (unpaired) electrons. The van der Waals surface area contributed by atoms with Crippen LogP contribution < -0.4 is 21.9 Å². The van der Waals surface area contributed by atoms with Crippen LogP contribution in [0.4, 0.5) is 11.5 Å². The molecule has 0 saturated heterocycles. The van der Waals surface area contributed by atoms with Gasteiger partial charge in [-0.2, -0.15) is 5.10 Å². The van der Waals surface area contributed by atoms with Crippen LogP contribution in [0.2, 0.25) is 0 Å². The highest BCUT2D eigenvalue weighted by atomic mass is 16.2. The summed E-state index contributed by atoms with van der Waals surface area (Å²) in [4.78, 5) is 46.7. The van der Waals surface area contributed by atoms with Gasteiger partial charge in [-0.25, -0.2) is 14.5 Å². The fourth-order valence-electron chi connectivity index (χ4n) is 3.61. The molecule has 0 aromatic carbocycles. The van der Waals surface area contributed by atoms with Crippen molar-refractivity contribution in [3.05, 3.63) is 44.4 Å². The number of nitrogens with two attached hydrogens (primary N) is 1. The van der Waals surface area contributed by atoms with Gasteiger partial charge in [0.1, 0.15) is 5.82 Å². The summed E-state index contributed by atoms with van der Waals surface area (Å²) in [6, 6.07) is 1.79. The van der Waals surface area contributed by atoms with Gasteiger partial charge in [0.05, 0.1) is 17.1 Å². The topological polar surface area (TPSA) is 132 Å². The summed E-state index contributed by atoms with van der Waals surface area (Å²) in [5.74, 6) is -0.382. The van der Waals surface area contributed by atoms with E-state index >= 15 is 0 Å². The van der Waals surface area contributed by atoms with Crippen LogP contribution in [0, 0.1) is 0 Å². The van der Waals surface area contributed by atoms with Gasteiger partial charge in [-0.15, -0.1) is 0 Å². The number of fused-ring (bicyclic) bond motifs is 1. The lowest BCUT2D eigenvalue weighted by molar-refractivity contribution is 0.0994. The number of pyridine rings is 1. The number of anilines is 2. The van der Waals surface area contributed by atoms with Crippen molar-refractivity contribution in [1.82, 2.24) is 24.3 Å². The van der Waals surface area contributed by atoms with E-state index in [-0.39, 0.29) is 23.5 Å². The van der Waals surface area contributed by atoms with Crippen LogP contribution in [0.15, 0.2) is 21.9 Å². The first-order chi connectivity index (χ1) is 15.1. The summed E-state index contributed by atoms with van der Waals surface area (Å²) in [7, 11) is 1.48. The van der Waals surface area contributed by atoms with E-state index in [2.05, 4.69) is 10.1 Å². The molecule has 10 heteroatoms. The Morgan fingerprint density at radius 3 is 2.53 bits per heavy atom. The number of nitrogens with zero attached hydrogens (tertiary/aromatic N) is 5. The Morgan fingerprint density at radius 1 is 1.25 bits per heavy atom. The Kier molecular flexibility index (Phi) is 6.52. The van der Waals surface area contributed by atoms with Crippen LogP contribution in [0.25, 0.3) is 11.0 Å². The third kappa shape index (κ3) is 4.04. The Balaban J connectivity index is 2.18. The molecule has 1 amide bonds. The van der Waals surface area contributed by atoms with Gasteiger partial charge in [-0.3, -0.25) is 19.1 Å². The van der Waals surface area contributed by atoms with Crippen LogP contribution in [-0.4, -0.2) is 37.3 Å². The summed E-state index contributed by atoms with van der Waals surface area (Å²) in [5, 5.41) is 5.00. The molecular weight excluding hydrogens is 410 g/mol. The number of carbonyl (C=O) groups excluding carboxylic acids is 1. The second-order valence-electron chi connectivity index (χ2n) is 8.53. The SMILES string of the molecule is CCCCn1c(N)c(N(C)C(=O)c2cc(C(C)C)nc3c2cnn3C(C)C)c(=O)[nH]c1=O. The van der Waals surface area contributed by atoms with E-state index in [0.717, 1.165) is 12.1 Å². The standard InChI is InChI=1S/C22H31N7O3/c1-7-8-9-28-18(23)17(20(30)26-22(28)32)27(6)21(31)14-10-16(12(2)3)25-19-15(14)11-24-29(19)13(4)5/h10-13H,7-9,23H2,1-6H3,(H,26,30,32). The molecule has 0 aliphatic heterocycles. The van der Waals surface area contributed by atoms with Crippen LogP contribution in [-0.2, 0) is 6.54 Å². The number of amides is 1. The van der Waals surface area contributed by atoms with Crippen LogP contribution in [0.1, 0.15) is 75.5 Å². The lowest BCUT2D eigenvalue weighted by atomic mass is 10.0. The summed E-state index contributed by atoms with van der Waals surface area (Å²) in [6.07, 6.45) is 3.18. The van der Waals surface area contributed by atoms with Crippen LogP contribution in [0.5, 0.6) is 0 Å². The maximum Gasteiger partial charge on any atom is 0.330 e. The number of aromatic nitrogens is 5. The number of H-pyrrole nitrogens is 1. The average Bonchev–Trinajstić information content (AvgIpc) is 3.16. The molecule has 3 N–H and O–H groups in total. The molecule has 10 nitrogen and oxygen atoms in total. The molecule has 0 fully saturated rings. The predicted molar refractivity (Wildman–Crippen MR) is 125 cm³/mol. The molecule has 0 aliphatic rings. The Hall–Kier alpha value is -3.43. The van der Waals surface area contributed by atoms with E-state index in [4.69, 9.17) is 10.7 Å². The highest BCUT2D eigenvalue weighted by Crippen LogP contribution is 2.27. The molecular formula is C22H31N7O3. The second-order valence-corrected chi connectivity index (χ2v) is 8.53. The lowest BCUT2D eigenvalue weighted by Crippen LogP contribution is -2.39. The van der Waals surface area contributed by atoms with Crippen molar-refractivity contribution in [2.75, 3.05) is 17.7 Å². The fraction of sp³-hybridized carbons (Fsp3) is 0.500. The van der Waals surface area contributed by atoms with E-state index in [0.29, 0.717) is 29.6 Å². The number of nitrogens with one attached hydrogen (secondary N) is 1. The van der Waals surface area contributed by atoms with E-state index in [9.17, 15) is 14.4 Å². The fourth-order valence-corrected chi connectivity index (χ4v) is 3.61. The predicted octanol–water partition coefficient (Wildman–Crippen LogP) is 2.64. The molecule has 3 aromatic rings. The van der Waals surface area contributed by atoms with E-state index in [1.54, 1.807) is 16.9 Å². The van der Waals surface area contributed by atoms with Crippen molar-refractivity contribution in [1.29, 1.82) is 0 Å². The molecule has 0 unspecified atom stereocenters. The van der Waals surface area contributed by atoms with Gasteiger partial charge in [0.25, 0.3) is 11.5 Å². The van der Waals surface area contributed by atoms with Gasteiger partial charge in [0, 0.05) is 25.3 Å². The number of hydrogen-bond donors (Lipinski definition) is 2. The van der Waals surface area contributed by atoms with Gasteiger partial charge in [0.2, 0.25) is 0 Å². The average molecular weight is 442 g/mol. The summed E-state index contributed by atoms with van der Waals surface area (Å²) in [6.45, 7) is 10.3. The van der Waals surface area contributed by atoms with Gasteiger partial charge >= 0.3 is 5.69 Å². The van der Waals surface area contributed by atoms with Crippen molar-refractivity contribution in [2.24, 2.45) is 0 Å². The normalized spacial score (nSPS) is 11.6. The molecule has 172 valence electrons. The Bertz CT molecular complexity index is 1270. The lowest BCUT2D eigenvalue weighted by Gasteiger charge is -2.21. The zero-order valence-electron chi connectivity index (χ0n) is 19.5. The molecule has 0 atom stereocenters. The Morgan fingerprint density at radius 2 is 1.94 bits per heavy atom. The number of aromatic amines is 1. The van der Waals surface area contributed by atoms with Crippen LogP contribution >= 0.6 is 0 Å². The number of nitrogen functional groups attached to an aromatic ring is 1. The van der Waals surface area contributed by atoms with Gasteiger partial charge < -0.3 is 10.6 Å². The van der Waals surface area contributed by atoms with Crippen molar-refractivity contribution >= 4 is 28.4 Å². The van der Waals surface area contributed by atoms with Gasteiger partial charge in [0.15, 0.2) is 11.3 Å². The van der Waals surface area contributed by atoms with Crippen molar-refractivity contribution in [2.45, 2.75) is 66.0 Å². The zero-order chi connectivity index (χ0) is 23.7. The maximum atomic E-state index is 13.6. The first kappa shape index (κ1) is 23.2.